The van der Waals surface area contributed by atoms with Crippen molar-refractivity contribution in [1.82, 2.24) is 21.1 Å². The van der Waals surface area contributed by atoms with Crippen LogP contribution in [0.15, 0.2) is 54.6 Å². The fourth-order valence-electron chi connectivity index (χ4n) is 4.23. The van der Waals surface area contributed by atoms with Crippen LogP contribution in [0.3, 0.4) is 0 Å². The fraction of sp³-hybridized carbons (Fsp3) is 0.435. The van der Waals surface area contributed by atoms with Crippen LogP contribution in [0, 0.1) is 0 Å². The second kappa shape index (κ2) is 8.95. The Hall–Kier alpha value is -2.41. The minimum absolute atomic E-state index is 0.0250. The van der Waals surface area contributed by atoms with Crippen LogP contribution < -0.4 is 21.1 Å². The van der Waals surface area contributed by atoms with E-state index in [1.807, 2.05) is 43.3 Å². The molecule has 2 atom stereocenters. The predicted octanol–water partition coefficient (Wildman–Crippen LogP) is 2.51. The first-order valence-electron chi connectivity index (χ1n) is 10.5. The van der Waals surface area contributed by atoms with Crippen LogP contribution in [-0.2, 0) is 0 Å². The average Bonchev–Trinajstić information content (AvgIpc) is 3.25. The van der Waals surface area contributed by atoms with Gasteiger partial charge < -0.3 is 10.2 Å². The van der Waals surface area contributed by atoms with Gasteiger partial charge in [-0.15, -0.1) is 0 Å². The highest BCUT2D eigenvalue weighted by atomic mass is 16.1. The molecule has 2 saturated heterocycles. The molecule has 2 heterocycles. The van der Waals surface area contributed by atoms with Crippen molar-refractivity contribution in [3.63, 3.8) is 0 Å². The Bertz CT molecular complexity index is 817. The van der Waals surface area contributed by atoms with Crippen LogP contribution in [0.4, 0.5) is 5.69 Å². The van der Waals surface area contributed by atoms with E-state index in [1.54, 1.807) is 0 Å². The maximum atomic E-state index is 12.7. The molecule has 0 aromatic heterocycles. The highest BCUT2D eigenvalue weighted by Crippen LogP contribution is 2.25. The van der Waals surface area contributed by atoms with Crippen LogP contribution in [0.1, 0.15) is 41.2 Å². The molecule has 29 heavy (non-hydrogen) atoms. The molecule has 4 rings (SSSR count). The number of anilines is 1. The third-order valence-electron chi connectivity index (χ3n) is 6.02. The Labute approximate surface area is 173 Å². The first kappa shape index (κ1) is 19.9. The number of nitrogens with one attached hydrogen (secondary N) is 3. The summed E-state index contributed by atoms with van der Waals surface area (Å²) in [7, 11) is 3.97. The van der Waals surface area contributed by atoms with E-state index >= 15 is 0 Å². The third kappa shape index (κ3) is 4.78. The second-order valence-corrected chi connectivity index (χ2v) is 8.23. The van der Waals surface area contributed by atoms with Gasteiger partial charge in [-0.2, -0.15) is 0 Å². The number of hydrogen-bond donors (Lipinski definition) is 3. The average molecular weight is 394 g/mol. The van der Waals surface area contributed by atoms with Crippen LogP contribution in [0.25, 0.3) is 0 Å². The highest BCUT2D eigenvalue weighted by molar-refractivity contribution is 5.95. The van der Waals surface area contributed by atoms with Crippen molar-refractivity contribution >= 4 is 11.6 Å². The van der Waals surface area contributed by atoms with Crippen molar-refractivity contribution in [2.45, 2.75) is 37.5 Å². The van der Waals surface area contributed by atoms with Crippen LogP contribution >= 0.6 is 0 Å². The quantitative estimate of drug-likeness (QED) is 0.729. The molecule has 0 saturated carbocycles. The van der Waals surface area contributed by atoms with Crippen molar-refractivity contribution in [3.05, 3.63) is 65.7 Å². The number of piperidine rings is 1. The van der Waals surface area contributed by atoms with Gasteiger partial charge in [0.2, 0.25) is 0 Å². The summed E-state index contributed by atoms with van der Waals surface area (Å²) in [4.78, 5) is 17.2. The number of hydrazine groups is 1. The largest absolute Gasteiger partial charge is 0.378 e. The van der Waals surface area contributed by atoms with E-state index in [-0.39, 0.29) is 11.9 Å². The Balaban J connectivity index is 1.27. The van der Waals surface area contributed by atoms with E-state index < -0.39 is 0 Å². The van der Waals surface area contributed by atoms with Gasteiger partial charge in [0.15, 0.2) is 0 Å². The summed E-state index contributed by atoms with van der Waals surface area (Å²) in [5.41, 5.74) is 9.98. The van der Waals surface area contributed by atoms with Crippen molar-refractivity contribution < 1.29 is 4.79 Å². The molecule has 0 bridgehead atoms. The molecule has 6 heteroatoms. The Morgan fingerprint density at radius 2 is 1.79 bits per heavy atom. The SMILES string of the molecule is CN(C)c1cccc(C(=O)NC2CCN(C3CC(c4ccccc4)NN3)CC2)c1. The predicted molar refractivity (Wildman–Crippen MR) is 117 cm³/mol. The van der Waals surface area contributed by atoms with Gasteiger partial charge in [-0.05, 0) is 43.0 Å². The maximum absolute atomic E-state index is 12.7. The first-order chi connectivity index (χ1) is 14.1. The number of rotatable bonds is 5. The summed E-state index contributed by atoms with van der Waals surface area (Å²) < 4.78 is 0. The minimum Gasteiger partial charge on any atom is -0.378 e. The Morgan fingerprint density at radius 3 is 2.52 bits per heavy atom. The standard InChI is InChI=1S/C23H31N5O/c1-27(2)20-10-6-9-18(15-20)23(29)24-19-11-13-28(14-12-19)22-16-21(25-26-22)17-7-4-3-5-8-17/h3-10,15,19,21-22,25-26H,11-14,16H2,1-2H3,(H,24,29). The van der Waals surface area contributed by atoms with Crippen molar-refractivity contribution in [3.8, 4) is 0 Å². The number of hydrogen-bond acceptors (Lipinski definition) is 5. The van der Waals surface area contributed by atoms with Crippen molar-refractivity contribution in [2.24, 2.45) is 0 Å². The maximum Gasteiger partial charge on any atom is 0.251 e. The normalized spacial score (nSPS) is 23.1. The van der Waals surface area contributed by atoms with Crippen molar-refractivity contribution in [2.75, 3.05) is 32.1 Å². The Kier molecular flexibility index (Phi) is 6.13. The lowest BCUT2D eigenvalue weighted by atomic mass is 10.0. The summed E-state index contributed by atoms with van der Waals surface area (Å²) in [5, 5.41) is 3.23. The minimum atomic E-state index is 0.0250. The van der Waals surface area contributed by atoms with E-state index in [9.17, 15) is 4.79 Å². The van der Waals surface area contributed by atoms with Gasteiger partial charge in [-0.1, -0.05) is 36.4 Å². The zero-order chi connectivity index (χ0) is 20.2. The van der Waals surface area contributed by atoms with Gasteiger partial charge >= 0.3 is 0 Å². The number of likely N-dealkylation sites (tertiary alicyclic amines) is 1. The topological polar surface area (TPSA) is 59.6 Å². The smallest absolute Gasteiger partial charge is 0.251 e. The molecule has 2 aliphatic heterocycles. The number of carbonyl (C=O) groups excluding carboxylic acids is 1. The van der Waals surface area contributed by atoms with Gasteiger partial charge in [-0.3, -0.25) is 9.69 Å². The van der Waals surface area contributed by atoms with Gasteiger partial charge in [0, 0.05) is 50.5 Å². The monoisotopic (exact) mass is 393 g/mol. The van der Waals surface area contributed by atoms with E-state index in [4.69, 9.17) is 0 Å². The summed E-state index contributed by atoms with van der Waals surface area (Å²) in [6.07, 6.45) is 3.35. The van der Waals surface area contributed by atoms with Gasteiger partial charge in [-0.25, -0.2) is 10.9 Å². The van der Waals surface area contributed by atoms with Crippen LogP contribution in [0.5, 0.6) is 0 Å². The lowest BCUT2D eigenvalue weighted by molar-refractivity contribution is 0.0880. The van der Waals surface area contributed by atoms with E-state index in [2.05, 4.69) is 51.4 Å². The molecule has 2 aromatic carbocycles. The first-order valence-corrected chi connectivity index (χ1v) is 10.5. The molecule has 0 aliphatic carbocycles. The Morgan fingerprint density at radius 1 is 1.03 bits per heavy atom. The van der Waals surface area contributed by atoms with E-state index in [1.165, 1.54) is 5.56 Å². The molecule has 6 nitrogen and oxygen atoms in total. The van der Waals surface area contributed by atoms with Crippen LogP contribution in [0.2, 0.25) is 0 Å². The molecular weight excluding hydrogens is 362 g/mol. The zero-order valence-electron chi connectivity index (χ0n) is 17.3. The zero-order valence-corrected chi connectivity index (χ0v) is 17.3. The number of amides is 1. The van der Waals surface area contributed by atoms with Gasteiger partial charge in [0.05, 0.1) is 6.17 Å². The summed E-state index contributed by atoms with van der Waals surface area (Å²) in [6, 6.07) is 19.0. The third-order valence-corrected chi connectivity index (χ3v) is 6.02. The molecule has 154 valence electrons. The summed E-state index contributed by atoms with van der Waals surface area (Å²) >= 11 is 0. The second-order valence-electron chi connectivity index (χ2n) is 8.23. The van der Waals surface area contributed by atoms with E-state index in [0.717, 1.165) is 43.6 Å². The van der Waals surface area contributed by atoms with Crippen molar-refractivity contribution in [1.29, 1.82) is 0 Å². The number of benzene rings is 2. The summed E-state index contributed by atoms with van der Waals surface area (Å²) in [6.45, 7) is 1.98. The molecule has 3 N–H and O–H groups in total. The molecular formula is C23H31N5O. The number of carbonyl (C=O) groups is 1. The molecule has 2 aliphatic rings. The lowest BCUT2D eigenvalue weighted by Gasteiger charge is -2.35. The van der Waals surface area contributed by atoms with Gasteiger partial charge in [0.1, 0.15) is 0 Å². The molecule has 2 unspecified atom stereocenters. The number of nitrogens with zero attached hydrogens (tertiary/aromatic N) is 2. The summed E-state index contributed by atoms with van der Waals surface area (Å²) in [5.74, 6) is 0.0250. The molecule has 0 spiro atoms. The fourth-order valence-corrected chi connectivity index (χ4v) is 4.23. The molecule has 2 fully saturated rings. The highest BCUT2D eigenvalue weighted by Gasteiger charge is 2.32. The van der Waals surface area contributed by atoms with Gasteiger partial charge in [0.25, 0.3) is 5.91 Å². The molecule has 2 aromatic rings. The van der Waals surface area contributed by atoms with Crippen LogP contribution in [-0.4, -0.2) is 50.2 Å². The molecule has 1 amide bonds. The lowest BCUT2D eigenvalue weighted by Crippen LogP contribution is -2.51. The van der Waals surface area contributed by atoms with E-state index in [0.29, 0.717) is 12.2 Å². The molecule has 0 radical (unpaired) electrons.